The summed E-state index contributed by atoms with van der Waals surface area (Å²) in [5, 5.41) is 4.81. The second kappa shape index (κ2) is 6.87. The molecule has 4 rings (SSSR count). The molecule has 1 fully saturated rings. The van der Waals surface area contributed by atoms with E-state index in [0.717, 1.165) is 48.5 Å². The Morgan fingerprint density at radius 3 is 2.75 bits per heavy atom. The molecule has 1 saturated heterocycles. The van der Waals surface area contributed by atoms with Gasteiger partial charge in [0.15, 0.2) is 0 Å². The molecule has 2 aromatic heterocycles. The van der Waals surface area contributed by atoms with Crippen LogP contribution in [0.25, 0.3) is 10.2 Å². The number of nitrogens with zero attached hydrogens (tertiary/aromatic N) is 3. The van der Waals surface area contributed by atoms with Gasteiger partial charge in [0.2, 0.25) is 0 Å². The van der Waals surface area contributed by atoms with Crippen molar-refractivity contribution in [1.29, 1.82) is 0 Å². The second-order valence-corrected chi connectivity index (χ2v) is 7.71. The Balaban J connectivity index is 1.37. The number of thiophene rings is 1. The average Bonchev–Trinajstić information content (AvgIpc) is 2.99. The first-order valence-electron chi connectivity index (χ1n) is 8.52. The van der Waals surface area contributed by atoms with Crippen LogP contribution in [0, 0.1) is 6.92 Å². The number of aromatic nitrogens is 2. The van der Waals surface area contributed by atoms with Gasteiger partial charge in [-0.1, -0.05) is 30.3 Å². The first-order chi connectivity index (χ1) is 11.8. The number of hydrogen-bond acceptors (Lipinski definition) is 5. The van der Waals surface area contributed by atoms with E-state index in [1.165, 1.54) is 10.4 Å². The maximum atomic E-state index is 4.47. The highest BCUT2D eigenvalue weighted by Crippen LogP contribution is 2.28. The highest BCUT2D eigenvalue weighted by molar-refractivity contribution is 7.18. The lowest BCUT2D eigenvalue weighted by Crippen LogP contribution is -2.38. The van der Waals surface area contributed by atoms with Gasteiger partial charge in [0.1, 0.15) is 17.0 Å². The van der Waals surface area contributed by atoms with Crippen molar-refractivity contribution < 1.29 is 0 Å². The summed E-state index contributed by atoms with van der Waals surface area (Å²) in [6.45, 7) is 5.43. The second-order valence-electron chi connectivity index (χ2n) is 6.48. The van der Waals surface area contributed by atoms with Crippen molar-refractivity contribution >= 4 is 27.4 Å². The molecule has 0 atom stereocenters. The third kappa shape index (κ3) is 3.42. The fraction of sp³-hybridized carbons (Fsp3) is 0.368. The van der Waals surface area contributed by atoms with Crippen LogP contribution >= 0.6 is 11.3 Å². The molecule has 1 N–H and O–H groups in total. The number of benzene rings is 1. The first-order valence-corrected chi connectivity index (χ1v) is 9.33. The molecule has 0 saturated carbocycles. The number of aryl methyl sites for hydroxylation is 1. The number of likely N-dealkylation sites (tertiary alicyclic amines) is 1. The molecule has 1 aromatic carbocycles. The predicted molar refractivity (Wildman–Crippen MR) is 101 cm³/mol. The van der Waals surface area contributed by atoms with E-state index < -0.39 is 0 Å². The predicted octanol–water partition coefficient (Wildman–Crippen LogP) is 4.08. The first kappa shape index (κ1) is 15.5. The van der Waals surface area contributed by atoms with Crippen LogP contribution in [-0.2, 0) is 6.54 Å². The van der Waals surface area contributed by atoms with E-state index in [9.17, 15) is 0 Å². The third-order valence-corrected chi connectivity index (χ3v) is 5.59. The molecule has 0 aliphatic carbocycles. The third-order valence-electron chi connectivity index (χ3n) is 4.63. The minimum atomic E-state index is 0.496. The standard InChI is InChI=1S/C19H22N4S/c1-14-11-17-18(20-13-21-19(17)24-14)22-16-7-9-23(10-8-16)12-15-5-3-2-4-6-15/h2-6,11,13,16H,7-10,12H2,1H3,(H,20,21,22). The van der Waals surface area contributed by atoms with Crippen LogP contribution in [0.1, 0.15) is 23.3 Å². The van der Waals surface area contributed by atoms with Gasteiger partial charge in [-0.15, -0.1) is 11.3 Å². The minimum Gasteiger partial charge on any atom is -0.367 e. The van der Waals surface area contributed by atoms with Crippen molar-refractivity contribution in [2.45, 2.75) is 32.4 Å². The van der Waals surface area contributed by atoms with Gasteiger partial charge < -0.3 is 5.32 Å². The number of anilines is 1. The molecule has 4 nitrogen and oxygen atoms in total. The van der Waals surface area contributed by atoms with Gasteiger partial charge in [-0.3, -0.25) is 4.90 Å². The Bertz CT molecular complexity index is 807. The topological polar surface area (TPSA) is 41.0 Å². The van der Waals surface area contributed by atoms with E-state index in [4.69, 9.17) is 0 Å². The largest absolute Gasteiger partial charge is 0.367 e. The van der Waals surface area contributed by atoms with Crippen molar-refractivity contribution in [3.63, 3.8) is 0 Å². The SMILES string of the molecule is Cc1cc2c(NC3CCN(Cc4ccccc4)CC3)ncnc2s1. The Labute approximate surface area is 146 Å². The van der Waals surface area contributed by atoms with E-state index in [1.807, 2.05) is 0 Å². The van der Waals surface area contributed by atoms with Gasteiger partial charge in [-0.05, 0) is 31.4 Å². The van der Waals surface area contributed by atoms with Gasteiger partial charge in [0.05, 0.1) is 5.39 Å². The molecule has 1 aliphatic rings. The van der Waals surface area contributed by atoms with Crippen LogP contribution < -0.4 is 5.32 Å². The lowest BCUT2D eigenvalue weighted by molar-refractivity contribution is 0.211. The molecule has 0 spiro atoms. The Kier molecular flexibility index (Phi) is 4.45. The van der Waals surface area contributed by atoms with E-state index in [-0.39, 0.29) is 0 Å². The molecule has 24 heavy (non-hydrogen) atoms. The zero-order valence-corrected chi connectivity index (χ0v) is 14.7. The number of piperidine rings is 1. The number of fused-ring (bicyclic) bond motifs is 1. The minimum absolute atomic E-state index is 0.496. The van der Waals surface area contributed by atoms with Crippen LogP contribution in [0.4, 0.5) is 5.82 Å². The lowest BCUT2D eigenvalue weighted by atomic mass is 10.0. The smallest absolute Gasteiger partial charge is 0.138 e. The molecule has 0 bridgehead atoms. The highest BCUT2D eigenvalue weighted by atomic mass is 32.1. The van der Waals surface area contributed by atoms with Crippen molar-refractivity contribution in [3.05, 3.63) is 53.2 Å². The van der Waals surface area contributed by atoms with E-state index in [1.54, 1.807) is 17.7 Å². The summed E-state index contributed by atoms with van der Waals surface area (Å²) in [5.41, 5.74) is 1.40. The normalized spacial score (nSPS) is 16.5. The quantitative estimate of drug-likeness (QED) is 0.778. The van der Waals surface area contributed by atoms with E-state index in [0.29, 0.717) is 6.04 Å². The molecule has 0 unspecified atom stereocenters. The van der Waals surface area contributed by atoms with Gasteiger partial charge in [-0.25, -0.2) is 9.97 Å². The molecule has 1 aliphatic heterocycles. The van der Waals surface area contributed by atoms with Gasteiger partial charge >= 0.3 is 0 Å². The monoisotopic (exact) mass is 338 g/mol. The summed E-state index contributed by atoms with van der Waals surface area (Å²) in [6.07, 6.45) is 3.98. The molecule has 124 valence electrons. The van der Waals surface area contributed by atoms with Crippen LogP contribution in [-0.4, -0.2) is 34.0 Å². The van der Waals surface area contributed by atoms with Crippen LogP contribution in [0.5, 0.6) is 0 Å². The van der Waals surface area contributed by atoms with Crippen molar-refractivity contribution in [3.8, 4) is 0 Å². The van der Waals surface area contributed by atoms with Crippen LogP contribution in [0.2, 0.25) is 0 Å². The van der Waals surface area contributed by atoms with Gasteiger partial charge in [0, 0.05) is 30.6 Å². The molecular formula is C19H22N4S. The molecular weight excluding hydrogens is 316 g/mol. The Morgan fingerprint density at radius 2 is 1.96 bits per heavy atom. The van der Waals surface area contributed by atoms with Gasteiger partial charge in [-0.2, -0.15) is 0 Å². The molecule has 3 heterocycles. The summed E-state index contributed by atoms with van der Waals surface area (Å²) < 4.78 is 0. The van der Waals surface area contributed by atoms with Crippen molar-refractivity contribution in [1.82, 2.24) is 14.9 Å². The maximum absolute atomic E-state index is 4.47. The molecule has 5 heteroatoms. The maximum Gasteiger partial charge on any atom is 0.138 e. The van der Waals surface area contributed by atoms with E-state index >= 15 is 0 Å². The lowest BCUT2D eigenvalue weighted by Gasteiger charge is -2.32. The molecule has 3 aromatic rings. The number of nitrogens with one attached hydrogen (secondary N) is 1. The summed E-state index contributed by atoms with van der Waals surface area (Å²) >= 11 is 1.73. The molecule has 0 radical (unpaired) electrons. The zero-order valence-electron chi connectivity index (χ0n) is 13.9. The summed E-state index contributed by atoms with van der Waals surface area (Å²) in [4.78, 5) is 13.7. The van der Waals surface area contributed by atoms with E-state index in [2.05, 4.69) is 63.5 Å². The van der Waals surface area contributed by atoms with Crippen molar-refractivity contribution in [2.24, 2.45) is 0 Å². The fourth-order valence-electron chi connectivity index (χ4n) is 3.36. The average molecular weight is 338 g/mol. The number of rotatable bonds is 4. The number of hydrogen-bond donors (Lipinski definition) is 1. The Hall–Kier alpha value is -1.98. The zero-order chi connectivity index (χ0) is 16.4. The highest BCUT2D eigenvalue weighted by Gasteiger charge is 2.20. The van der Waals surface area contributed by atoms with Crippen LogP contribution in [0.3, 0.4) is 0 Å². The summed E-state index contributed by atoms with van der Waals surface area (Å²) in [7, 11) is 0. The van der Waals surface area contributed by atoms with Gasteiger partial charge in [0.25, 0.3) is 0 Å². The van der Waals surface area contributed by atoms with Crippen LogP contribution in [0.15, 0.2) is 42.7 Å². The summed E-state index contributed by atoms with van der Waals surface area (Å²) in [6, 6.07) is 13.4. The summed E-state index contributed by atoms with van der Waals surface area (Å²) in [5.74, 6) is 0.992. The van der Waals surface area contributed by atoms with Crippen molar-refractivity contribution in [2.75, 3.05) is 18.4 Å². The Morgan fingerprint density at radius 1 is 1.17 bits per heavy atom. The molecule has 0 amide bonds. The fourth-order valence-corrected chi connectivity index (χ4v) is 4.21.